The van der Waals surface area contributed by atoms with E-state index in [2.05, 4.69) is 10.6 Å². The summed E-state index contributed by atoms with van der Waals surface area (Å²) < 4.78 is 27.9. The van der Waals surface area contributed by atoms with Gasteiger partial charge in [0.15, 0.2) is 9.84 Å². The van der Waals surface area contributed by atoms with Gasteiger partial charge in [-0.1, -0.05) is 18.2 Å². The summed E-state index contributed by atoms with van der Waals surface area (Å²) >= 11 is 0. The Kier molecular flexibility index (Phi) is 5.62. The van der Waals surface area contributed by atoms with Crippen LogP contribution < -0.4 is 15.4 Å². The van der Waals surface area contributed by atoms with E-state index in [0.717, 1.165) is 0 Å². The van der Waals surface area contributed by atoms with Crippen molar-refractivity contribution in [2.45, 2.75) is 18.6 Å². The molecule has 8 heteroatoms. The van der Waals surface area contributed by atoms with Crippen molar-refractivity contribution >= 4 is 15.9 Å². The van der Waals surface area contributed by atoms with Gasteiger partial charge in [-0.2, -0.15) is 0 Å². The number of benzene rings is 1. The van der Waals surface area contributed by atoms with Crippen LogP contribution in [-0.2, 0) is 9.84 Å². The van der Waals surface area contributed by atoms with E-state index in [1.807, 2.05) is 18.2 Å². The highest BCUT2D eigenvalue weighted by molar-refractivity contribution is 7.91. The smallest absolute Gasteiger partial charge is 0.315 e. The maximum absolute atomic E-state index is 11.6. The zero-order valence-electron chi connectivity index (χ0n) is 12.1. The molecule has 3 N–H and O–H groups in total. The number of nitrogens with one attached hydrogen (secondary N) is 2. The quantitative estimate of drug-likeness (QED) is 0.677. The van der Waals surface area contributed by atoms with Crippen LogP contribution in [0.15, 0.2) is 30.3 Å². The van der Waals surface area contributed by atoms with Gasteiger partial charge in [-0.25, -0.2) is 13.2 Å². The summed E-state index contributed by atoms with van der Waals surface area (Å²) in [6, 6.07) is 8.20. The summed E-state index contributed by atoms with van der Waals surface area (Å²) in [4.78, 5) is 11.6. The monoisotopic (exact) mass is 328 g/mol. The first-order chi connectivity index (χ1) is 10.4. The average Bonchev–Trinajstić information content (AvgIpc) is 2.83. The molecule has 2 amide bonds. The number of aliphatic hydroxyl groups is 1. The van der Waals surface area contributed by atoms with E-state index < -0.39 is 22.0 Å². The second kappa shape index (κ2) is 7.46. The fraction of sp³-hybridized carbons (Fsp3) is 0.500. The van der Waals surface area contributed by atoms with Crippen molar-refractivity contribution in [2.24, 2.45) is 0 Å². The molecule has 0 radical (unpaired) electrons. The van der Waals surface area contributed by atoms with E-state index in [9.17, 15) is 18.3 Å². The Bertz CT molecular complexity index is 591. The Hall–Kier alpha value is -1.80. The van der Waals surface area contributed by atoms with Crippen molar-refractivity contribution in [3.63, 3.8) is 0 Å². The number of hydrogen-bond donors (Lipinski definition) is 3. The van der Waals surface area contributed by atoms with Crippen molar-refractivity contribution < 1.29 is 23.1 Å². The van der Waals surface area contributed by atoms with Crippen molar-refractivity contribution in [2.75, 3.05) is 24.7 Å². The highest BCUT2D eigenvalue weighted by Gasteiger charge is 2.28. The van der Waals surface area contributed by atoms with Gasteiger partial charge in [-0.15, -0.1) is 0 Å². The second-order valence-corrected chi connectivity index (χ2v) is 7.46. The summed E-state index contributed by atoms with van der Waals surface area (Å²) in [6.45, 7) is 0.0836. The summed E-state index contributed by atoms with van der Waals surface area (Å²) in [5.74, 6) is 0.716. The summed E-state index contributed by atoms with van der Waals surface area (Å²) in [7, 11) is -3.02. The Balaban J connectivity index is 1.63. The van der Waals surface area contributed by atoms with Crippen molar-refractivity contribution in [1.82, 2.24) is 10.6 Å². The SMILES string of the molecule is O=C(NC[C@H](O)COc1ccccc1)N[C@H]1CCS(=O)(=O)C1. The van der Waals surface area contributed by atoms with Crippen molar-refractivity contribution in [3.05, 3.63) is 30.3 Å². The number of para-hydroxylation sites is 1. The molecule has 0 saturated carbocycles. The molecular formula is C14H20N2O5S. The summed E-state index contributed by atoms with van der Waals surface area (Å²) in [5.41, 5.74) is 0. The molecule has 1 aromatic carbocycles. The minimum absolute atomic E-state index is 0.0259. The van der Waals surface area contributed by atoms with Crippen LogP contribution in [0.3, 0.4) is 0 Å². The zero-order chi connectivity index (χ0) is 16.0. The lowest BCUT2D eigenvalue weighted by Crippen LogP contribution is -2.45. The fourth-order valence-electron chi connectivity index (χ4n) is 2.12. The third kappa shape index (κ3) is 5.53. The lowest BCUT2D eigenvalue weighted by Gasteiger charge is -2.15. The maximum atomic E-state index is 11.6. The molecule has 1 aliphatic heterocycles. The predicted octanol–water partition coefficient (Wildman–Crippen LogP) is -0.0874. The molecule has 0 unspecified atom stereocenters. The summed E-state index contributed by atoms with van der Waals surface area (Å²) in [6.07, 6.45) is -0.423. The van der Waals surface area contributed by atoms with Gasteiger partial charge in [-0.05, 0) is 18.6 Å². The van der Waals surface area contributed by atoms with E-state index in [4.69, 9.17) is 4.74 Å². The fourth-order valence-corrected chi connectivity index (χ4v) is 3.80. The van der Waals surface area contributed by atoms with Gasteiger partial charge in [0.05, 0.1) is 11.5 Å². The molecule has 0 bridgehead atoms. The molecule has 1 aromatic rings. The normalized spacial score (nSPS) is 21.0. The Morgan fingerprint density at radius 3 is 2.73 bits per heavy atom. The number of hydrogen-bond acceptors (Lipinski definition) is 5. The number of carbonyl (C=O) groups excluding carboxylic acids is 1. The molecule has 0 spiro atoms. The summed E-state index contributed by atoms with van der Waals surface area (Å²) in [5, 5.41) is 14.8. The van der Waals surface area contributed by atoms with E-state index in [0.29, 0.717) is 12.2 Å². The molecular weight excluding hydrogens is 308 g/mol. The number of amides is 2. The van der Waals surface area contributed by atoms with Crippen LogP contribution in [0.5, 0.6) is 5.75 Å². The molecule has 2 rings (SSSR count). The van der Waals surface area contributed by atoms with Gasteiger partial charge in [0.2, 0.25) is 0 Å². The number of ether oxygens (including phenoxy) is 1. The molecule has 1 aliphatic rings. The maximum Gasteiger partial charge on any atom is 0.315 e. The molecule has 0 aliphatic carbocycles. The molecule has 22 heavy (non-hydrogen) atoms. The van der Waals surface area contributed by atoms with E-state index in [-0.39, 0.29) is 30.7 Å². The predicted molar refractivity (Wildman–Crippen MR) is 81.5 cm³/mol. The number of urea groups is 1. The molecule has 0 aromatic heterocycles. The van der Waals surface area contributed by atoms with Crippen molar-refractivity contribution in [1.29, 1.82) is 0 Å². The average molecular weight is 328 g/mol. The Morgan fingerprint density at radius 1 is 1.36 bits per heavy atom. The number of carbonyl (C=O) groups is 1. The van der Waals surface area contributed by atoms with E-state index in [1.54, 1.807) is 12.1 Å². The van der Waals surface area contributed by atoms with Crippen LogP contribution in [0.4, 0.5) is 4.79 Å². The third-order valence-electron chi connectivity index (χ3n) is 3.25. The van der Waals surface area contributed by atoms with Gasteiger partial charge in [0.1, 0.15) is 18.5 Å². The van der Waals surface area contributed by atoms with Gasteiger partial charge >= 0.3 is 6.03 Å². The standard InChI is InChI=1S/C14H20N2O5S/c17-12(9-21-13-4-2-1-3-5-13)8-15-14(18)16-11-6-7-22(19,20)10-11/h1-5,11-12,17H,6-10H2,(H2,15,16,18)/t11-,12-/m0/s1. The molecule has 1 fully saturated rings. The topological polar surface area (TPSA) is 105 Å². The first-order valence-electron chi connectivity index (χ1n) is 7.05. The van der Waals surface area contributed by atoms with Crippen LogP contribution in [0, 0.1) is 0 Å². The third-order valence-corrected chi connectivity index (χ3v) is 5.02. The van der Waals surface area contributed by atoms with Crippen molar-refractivity contribution in [3.8, 4) is 5.75 Å². The highest BCUT2D eigenvalue weighted by atomic mass is 32.2. The van der Waals surface area contributed by atoms with Crippen LogP contribution in [-0.4, -0.2) is 56.4 Å². The largest absolute Gasteiger partial charge is 0.491 e. The number of aliphatic hydroxyl groups excluding tert-OH is 1. The van der Waals surface area contributed by atoms with Gasteiger partial charge in [0, 0.05) is 12.6 Å². The molecule has 7 nitrogen and oxygen atoms in total. The Labute approximate surface area is 129 Å². The van der Waals surface area contributed by atoms with E-state index in [1.165, 1.54) is 0 Å². The highest BCUT2D eigenvalue weighted by Crippen LogP contribution is 2.11. The van der Waals surface area contributed by atoms with Gasteiger partial charge < -0.3 is 20.5 Å². The Morgan fingerprint density at radius 2 is 2.09 bits per heavy atom. The molecule has 1 saturated heterocycles. The molecule has 122 valence electrons. The van der Waals surface area contributed by atoms with Gasteiger partial charge in [-0.3, -0.25) is 0 Å². The first kappa shape index (κ1) is 16.6. The van der Waals surface area contributed by atoms with Crippen LogP contribution >= 0.6 is 0 Å². The molecule has 1 heterocycles. The lowest BCUT2D eigenvalue weighted by atomic mass is 10.3. The van der Waals surface area contributed by atoms with Crippen LogP contribution in [0.2, 0.25) is 0 Å². The van der Waals surface area contributed by atoms with Crippen LogP contribution in [0.25, 0.3) is 0 Å². The minimum Gasteiger partial charge on any atom is -0.491 e. The van der Waals surface area contributed by atoms with Gasteiger partial charge in [0.25, 0.3) is 0 Å². The number of sulfone groups is 1. The van der Waals surface area contributed by atoms with Crippen LogP contribution in [0.1, 0.15) is 6.42 Å². The minimum atomic E-state index is -3.02. The van der Waals surface area contributed by atoms with E-state index >= 15 is 0 Å². The lowest BCUT2D eigenvalue weighted by molar-refractivity contribution is 0.107. The second-order valence-electron chi connectivity index (χ2n) is 5.23. The molecule has 2 atom stereocenters. The number of rotatable bonds is 6. The zero-order valence-corrected chi connectivity index (χ0v) is 12.9. The first-order valence-corrected chi connectivity index (χ1v) is 8.87.